The Kier molecular flexibility index (Phi) is 9.92. The highest BCUT2D eigenvalue weighted by molar-refractivity contribution is 5.43. The maximum absolute atomic E-state index is 10.3. The van der Waals surface area contributed by atoms with E-state index in [9.17, 15) is 20.4 Å². The number of phenols is 4. The van der Waals surface area contributed by atoms with Crippen molar-refractivity contribution in [1.29, 1.82) is 0 Å². The lowest BCUT2D eigenvalue weighted by Gasteiger charge is -2.21. The van der Waals surface area contributed by atoms with E-state index < -0.39 is 0 Å². The molecule has 212 valence electrons. The van der Waals surface area contributed by atoms with E-state index in [1.54, 1.807) is 24.3 Å². The van der Waals surface area contributed by atoms with E-state index in [1.807, 2.05) is 48.5 Å². The van der Waals surface area contributed by atoms with Gasteiger partial charge in [-0.05, 0) is 106 Å². The molecule has 4 heteroatoms. The molecule has 4 rings (SSSR count). The van der Waals surface area contributed by atoms with Crippen LogP contribution in [0.25, 0.3) is 0 Å². The Hall–Kier alpha value is -3.92. The first-order valence-electron chi connectivity index (χ1n) is 13.9. The van der Waals surface area contributed by atoms with E-state index in [0.717, 1.165) is 59.1 Å². The second-order valence-electron chi connectivity index (χ2n) is 12.5. The van der Waals surface area contributed by atoms with Crippen LogP contribution in [0, 0.1) is 0 Å². The van der Waals surface area contributed by atoms with Gasteiger partial charge in [0.2, 0.25) is 0 Å². The monoisotopic (exact) mass is 540 g/mol. The summed E-state index contributed by atoms with van der Waals surface area (Å²) in [5.74, 6) is 1.33. The van der Waals surface area contributed by atoms with Gasteiger partial charge >= 0.3 is 0 Å². The number of hydrogen-bond acceptors (Lipinski definition) is 4. The Morgan fingerprint density at radius 1 is 0.425 bits per heavy atom. The molecule has 0 unspecified atom stereocenters. The van der Waals surface area contributed by atoms with Crippen molar-refractivity contribution in [1.82, 2.24) is 0 Å². The zero-order valence-electron chi connectivity index (χ0n) is 24.7. The summed E-state index contributed by atoms with van der Waals surface area (Å²) in [6, 6.07) is 26.5. The van der Waals surface area contributed by atoms with Crippen LogP contribution in [0.5, 0.6) is 23.0 Å². The Bertz CT molecular complexity index is 1300. The highest BCUT2D eigenvalue weighted by atomic mass is 16.3. The highest BCUT2D eigenvalue weighted by Gasteiger charge is 2.19. The third-order valence-electron chi connectivity index (χ3n) is 6.97. The summed E-state index contributed by atoms with van der Waals surface area (Å²) in [5, 5.41) is 39.1. The Morgan fingerprint density at radius 2 is 0.750 bits per heavy atom. The third kappa shape index (κ3) is 9.08. The third-order valence-corrected chi connectivity index (χ3v) is 6.97. The lowest BCUT2D eigenvalue weighted by atomic mass is 9.85. The molecule has 0 bridgehead atoms. The number of aryl methyl sites for hydroxylation is 4. The number of rotatable bonds is 6. The molecule has 4 aromatic rings. The van der Waals surface area contributed by atoms with Crippen LogP contribution in [-0.4, -0.2) is 20.4 Å². The van der Waals surface area contributed by atoms with Gasteiger partial charge in [0.1, 0.15) is 23.0 Å². The van der Waals surface area contributed by atoms with E-state index >= 15 is 0 Å². The fourth-order valence-corrected chi connectivity index (χ4v) is 4.74. The van der Waals surface area contributed by atoms with Crippen molar-refractivity contribution in [3.05, 3.63) is 118 Å². The SMILES string of the molecule is CC(C)(C)c1ccc(CCc2ccc(C(C)(C)C)c(O)c2)cc1O.Oc1cccc(CCc2cccc(O)c2)c1. The molecular formula is C36H44O4. The van der Waals surface area contributed by atoms with Crippen molar-refractivity contribution in [2.75, 3.05) is 0 Å². The van der Waals surface area contributed by atoms with E-state index in [4.69, 9.17) is 0 Å². The zero-order chi connectivity index (χ0) is 29.5. The lowest BCUT2D eigenvalue weighted by molar-refractivity contribution is 0.444. The number of benzene rings is 4. The van der Waals surface area contributed by atoms with Gasteiger partial charge < -0.3 is 20.4 Å². The summed E-state index contributed by atoms with van der Waals surface area (Å²) in [5.41, 5.74) is 6.25. The maximum Gasteiger partial charge on any atom is 0.119 e. The predicted octanol–water partition coefficient (Wildman–Crippen LogP) is 8.36. The van der Waals surface area contributed by atoms with Crippen LogP contribution in [0.15, 0.2) is 84.9 Å². The van der Waals surface area contributed by atoms with E-state index in [-0.39, 0.29) is 10.8 Å². The summed E-state index contributed by atoms with van der Waals surface area (Å²) in [4.78, 5) is 0. The van der Waals surface area contributed by atoms with E-state index in [0.29, 0.717) is 23.0 Å². The van der Waals surface area contributed by atoms with Gasteiger partial charge in [0.15, 0.2) is 0 Å². The Labute approximate surface area is 239 Å². The molecule has 40 heavy (non-hydrogen) atoms. The van der Waals surface area contributed by atoms with Crippen molar-refractivity contribution < 1.29 is 20.4 Å². The van der Waals surface area contributed by atoms with Crippen molar-refractivity contribution in [3.63, 3.8) is 0 Å². The van der Waals surface area contributed by atoms with Crippen LogP contribution in [0.1, 0.15) is 74.9 Å². The summed E-state index contributed by atoms with van der Waals surface area (Å²) >= 11 is 0. The van der Waals surface area contributed by atoms with Gasteiger partial charge in [-0.25, -0.2) is 0 Å². The molecule has 0 aliphatic carbocycles. The largest absolute Gasteiger partial charge is 0.508 e. The van der Waals surface area contributed by atoms with Crippen LogP contribution < -0.4 is 0 Å². The average molecular weight is 541 g/mol. The van der Waals surface area contributed by atoms with Crippen LogP contribution in [0.2, 0.25) is 0 Å². The zero-order valence-corrected chi connectivity index (χ0v) is 24.7. The topological polar surface area (TPSA) is 80.9 Å². The number of hydrogen-bond donors (Lipinski definition) is 4. The van der Waals surface area contributed by atoms with Crippen LogP contribution in [-0.2, 0) is 36.5 Å². The second kappa shape index (κ2) is 13.0. The molecular weight excluding hydrogens is 496 g/mol. The minimum absolute atomic E-state index is 0.0583. The van der Waals surface area contributed by atoms with Crippen molar-refractivity contribution in [3.8, 4) is 23.0 Å². The van der Waals surface area contributed by atoms with Crippen molar-refractivity contribution in [2.24, 2.45) is 0 Å². The molecule has 0 heterocycles. The second-order valence-corrected chi connectivity index (χ2v) is 12.5. The quantitative estimate of drug-likeness (QED) is 0.198. The smallest absolute Gasteiger partial charge is 0.119 e. The fourth-order valence-electron chi connectivity index (χ4n) is 4.74. The van der Waals surface area contributed by atoms with E-state index in [2.05, 4.69) is 53.7 Å². The molecule has 0 amide bonds. The standard InChI is InChI=1S/C22H30O2.C14H14O2/c1-21(2,3)17-11-9-15(13-19(17)23)7-8-16-10-12-18(20(24)14-16)22(4,5)6;15-13-5-1-3-11(9-13)7-8-12-4-2-6-14(16)10-12/h9-14,23-24H,7-8H2,1-6H3;1-6,9-10,15-16H,7-8H2. The minimum atomic E-state index is -0.0583. The summed E-state index contributed by atoms with van der Waals surface area (Å²) < 4.78 is 0. The fraction of sp³-hybridized carbons (Fsp3) is 0.333. The van der Waals surface area contributed by atoms with Crippen molar-refractivity contribution >= 4 is 0 Å². The number of aromatic hydroxyl groups is 4. The molecule has 0 fully saturated rings. The van der Waals surface area contributed by atoms with Crippen LogP contribution >= 0.6 is 0 Å². The maximum atomic E-state index is 10.3. The van der Waals surface area contributed by atoms with Gasteiger partial charge in [0.25, 0.3) is 0 Å². The molecule has 4 aromatic carbocycles. The van der Waals surface area contributed by atoms with E-state index in [1.165, 1.54) is 0 Å². The Balaban J connectivity index is 0.000000238. The molecule has 0 radical (unpaired) electrons. The molecule has 0 aliphatic heterocycles. The molecule has 4 nitrogen and oxygen atoms in total. The Morgan fingerprint density at radius 3 is 1.02 bits per heavy atom. The summed E-state index contributed by atoms with van der Waals surface area (Å²) in [6.07, 6.45) is 3.40. The van der Waals surface area contributed by atoms with Gasteiger partial charge in [-0.3, -0.25) is 0 Å². The van der Waals surface area contributed by atoms with Crippen molar-refractivity contribution in [2.45, 2.75) is 78.1 Å². The molecule has 4 N–H and O–H groups in total. The molecule has 0 aliphatic rings. The predicted molar refractivity (Wildman–Crippen MR) is 165 cm³/mol. The first-order valence-corrected chi connectivity index (χ1v) is 13.9. The molecule has 0 saturated heterocycles. The first-order chi connectivity index (χ1) is 18.7. The number of phenolic OH excluding ortho intramolecular Hbond substituents is 4. The molecule has 0 spiro atoms. The van der Waals surface area contributed by atoms with Crippen LogP contribution in [0.3, 0.4) is 0 Å². The highest BCUT2D eigenvalue weighted by Crippen LogP contribution is 2.33. The van der Waals surface area contributed by atoms with Gasteiger partial charge in [-0.2, -0.15) is 0 Å². The lowest BCUT2D eigenvalue weighted by Crippen LogP contribution is -2.11. The van der Waals surface area contributed by atoms with Gasteiger partial charge in [-0.1, -0.05) is 90.1 Å². The first kappa shape index (κ1) is 30.6. The van der Waals surface area contributed by atoms with Gasteiger partial charge in [0.05, 0.1) is 0 Å². The average Bonchev–Trinajstić information content (AvgIpc) is 2.85. The molecule has 0 atom stereocenters. The summed E-state index contributed by atoms with van der Waals surface area (Å²) in [7, 11) is 0. The molecule has 0 saturated carbocycles. The van der Waals surface area contributed by atoms with Gasteiger partial charge in [0, 0.05) is 0 Å². The van der Waals surface area contributed by atoms with Crippen LogP contribution in [0.4, 0.5) is 0 Å². The normalized spacial score (nSPS) is 11.6. The van der Waals surface area contributed by atoms with Gasteiger partial charge in [-0.15, -0.1) is 0 Å². The molecule has 0 aromatic heterocycles. The summed E-state index contributed by atoms with van der Waals surface area (Å²) in [6.45, 7) is 12.6. The minimum Gasteiger partial charge on any atom is -0.508 e.